The summed E-state index contributed by atoms with van der Waals surface area (Å²) in [5.41, 5.74) is 8.91. The van der Waals surface area contributed by atoms with Crippen LogP contribution in [-0.2, 0) is 6.42 Å². The maximum atomic E-state index is 6.03. The van der Waals surface area contributed by atoms with Crippen LogP contribution in [0.1, 0.15) is 43.9 Å². The summed E-state index contributed by atoms with van der Waals surface area (Å²) >= 11 is 0. The highest BCUT2D eigenvalue weighted by atomic mass is 15.2. The number of hydrogen-bond donors (Lipinski definition) is 1. The molecule has 0 bridgehead atoms. The first-order valence-corrected chi connectivity index (χ1v) is 6.85. The number of nitrogens with two attached hydrogens (primary N) is 1. The molecule has 0 radical (unpaired) electrons. The van der Waals surface area contributed by atoms with Crippen molar-refractivity contribution in [2.24, 2.45) is 5.73 Å². The zero-order valence-corrected chi connectivity index (χ0v) is 11.0. The van der Waals surface area contributed by atoms with Gasteiger partial charge in [-0.3, -0.25) is 4.90 Å². The Labute approximate surface area is 105 Å². The van der Waals surface area contributed by atoms with E-state index in [1.54, 1.807) is 0 Å². The fraction of sp³-hybridized carbons (Fsp3) is 0.600. The highest BCUT2D eigenvalue weighted by Gasteiger charge is 2.33. The lowest BCUT2D eigenvalue weighted by atomic mass is 9.97. The Morgan fingerprint density at radius 1 is 1.29 bits per heavy atom. The minimum absolute atomic E-state index is 0.406. The number of nitrogens with zero attached hydrogens (tertiary/aromatic N) is 1. The van der Waals surface area contributed by atoms with Gasteiger partial charge in [0.1, 0.15) is 0 Å². The van der Waals surface area contributed by atoms with E-state index in [1.807, 2.05) is 0 Å². The molecule has 1 atom stereocenters. The molecule has 17 heavy (non-hydrogen) atoms. The van der Waals surface area contributed by atoms with Crippen molar-refractivity contribution in [3.8, 4) is 0 Å². The minimum atomic E-state index is 0.406. The van der Waals surface area contributed by atoms with Crippen LogP contribution in [0.2, 0.25) is 0 Å². The molecule has 0 aromatic heterocycles. The van der Waals surface area contributed by atoms with Crippen molar-refractivity contribution < 1.29 is 0 Å². The summed E-state index contributed by atoms with van der Waals surface area (Å²) in [7, 11) is 0. The van der Waals surface area contributed by atoms with Crippen LogP contribution in [0.5, 0.6) is 0 Å². The van der Waals surface area contributed by atoms with Crippen molar-refractivity contribution >= 4 is 0 Å². The van der Waals surface area contributed by atoms with E-state index in [4.69, 9.17) is 5.73 Å². The molecule has 0 aliphatic heterocycles. The smallest absolute Gasteiger partial charge is 0.0475 e. The van der Waals surface area contributed by atoms with Crippen molar-refractivity contribution in [1.82, 2.24) is 4.90 Å². The maximum absolute atomic E-state index is 6.03. The Hall–Kier alpha value is -0.860. The zero-order chi connectivity index (χ0) is 12.3. The van der Waals surface area contributed by atoms with Crippen molar-refractivity contribution in [2.75, 3.05) is 13.1 Å². The van der Waals surface area contributed by atoms with Crippen LogP contribution in [0.15, 0.2) is 24.3 Å². The normalized spacial score (nSPS) is 17.4. The van der Waals surface area contributed by atoms with Crippen molar-refractivity contribution in [3.63, 3.8) is 0 Å². The van der Waals surface area contributed by atoms with Crippen LogP contribution in [0.4, 0.5) is 0 Å². The Bertz CT molecular complexity index is 358. The third-order valence-corrected chi connectivity index (χ3v) is 3.80. The van der Waals surface area contributed by atoms with Crippen LogP contribution < -0.4 is 5.73 Å². The van der Waals surface area contributed by atoms with Crippen LogP contribution in [0, 0.1) is 0 Å². The van der Waals surface area contributed by atoms with Gasteiger partial charge in [-0.25, -0.2) is 0 Å². The van der Waals surface area contributed by atoms with Gasteiger partial charge in [0.15, 0.2) is 0 Å². The molecule has 94 valence electrons. The summed E-state index contributed by atoms with van der Waals surface area (Å²) in [6.07, 6.45) is 3.78. The van der Waals surface area contributed by atoms with Crippen LogP contribution in [0.25, 0.3) is 0 Å². The van der Waals surface area contributed by atoms with Crippen molar-refractivity contribution in [2.45, 2.75) is 45.2 Å². The number of likely N-dealkylation sites (N-methyl/N-ethyl adjacent to an activating group) is 1. The number of aryl methyl sites for hydroxylation is 1. The molecule has 0 amide bonds. The Morgan fingerprint density at radius 2 is 2.00 bits per heavy atom. The van der Waals surface area contributed by atoms with Crippen molar-refractivity contribution in [3.05, 3.63) is 35.4 Å². The Kier molecular flexibility index (Phi) is 4.19. The fourth-order valence-corrected chi connectivity index (χ4v) is 2.76. The van der Waals surface area contributed by atoms with Gasteiger partial charge in [-0.15, -0.1) is 0 Å². The van der Waals surface area contributed by atoms with Crippen LogP contribution >= 0.6 is 0 Å². The molecule has 1 unspecified atom stereocenters. The van der Waals surface area contributed by atoms with Gasteiger partial charge in [0.05, 0.1) is 0 Å². The molecule has 1 aliphatic carbocycles. The summed E-state index contributed by atoms with van der Waals surface area (Å²) in [5.74, 6) is 0. The highest BCUT2D eigenvalue weighted by molar-refractivity contribution is 5.30. The third kappa shape index (κ3) is 2.70. The van der Waals surface area contributed by atoms with Crippen LogP contribution in [-0.4, -0.2) is 24.0 Å². The summed E-state index contributed by atoms with van der Waals surface area (Å²) < 4.78 is 0. The molecule has 2 rings (SSSR count). The molecule has 0 spiro atoms. The topological polar surface area (TPSA) is 29.3 Å². The lowest BCUT2D eigenvalue weighted by molar-refractivity contribution is 0.201. The molecule has 2 N–H and O–H groups in total. The lowest BCUT2D eigenvalue weighted by Crippen LogP contribution is -2.35. The molecule has 0 heterocycles. The van der Waals surface area contributed by atoms with Gasteiger partial charge in [-0.2, -0.15) is 0 Å². The molecule has 1 aromatic carbocycles. The zero-order valence-electron chi connectivity index (χ0n) is 11.0. The SMILES string of the molecule is CCc1ccccc1C(CN)N(CC)C1CC1. The standard InChI is InChI=1S/C15H24N2/c1-3-12-7-5-6-8-14(12)15(11-16)17(4-2)13-9-10-13/h5-8,13,15H,3-4,9-11,16H2,1-2H3. The maximum Gasteiger partial charge on any atom is 0.0475 e. The van der Waals surface area contributed by atoms with Gasteiger partial charge < -0.3 is 5.73 Å². The number of rotatable bonds is 6. The first kappa shape index (κ1) is 12.6. The van der Waals surface area contributed by atoms with Gasteiger partial charge >= 0.3 is 0 Å². The van der Waals surface area contributed by atoms with E-state index in [1.165, 1.54) is 24.0 Å². The van der Waals surface area contributed by atoms with Crippen molar-refractivity contribution in [1.29, 1.82) is 0 Å². The first-order chi connectivity index (χ1) is 8.31. The van der Waals surface area contributed by atoms with Gasteiger partial charge in [0.2, 0.25) is 0 Å². The fourth-order valence-electron chi connectivity index (χ4n) is 2.76. The third-order valence-electron chi connectivity index (χ3n) is 3.80. The lowest BCUT2D eigenvalue weighted by Gasteiger charge is -2.31. The second kappa shape index (κ2) is 5.65. The average molecular weight is 232 g/mol. The molecule has 1 saturated carbocycles. The number of benzene rings is 1. The highest BCUT2D eigenvalue weighted by Crippen LogP contribution is 2.34. The predicted octanol–water partition coefficient (Wildman–Crippen LogP) is 2.73. The summed E-state index contributed by atoms with van der Waals surface area (Å²) in [6.45, 7) is 6.29. The molecule has 1 fully saturated rings. The Morgan fingerprint density at radius 3 is 2.53 bits per heavy atom. The van der Waals surface area contributed by atoms with E-state index >= 15 is 0 Å². The van der Waals surface area contributed by atoms with Crippen LogP contribution in [0.3, 0.4) is 0 Å². The molecule has 0 saturated heterocycles. The largest absolute Gasteiger partial charge is 0.329 e. The van der Waals surface area contributed by atoms with E-state index in [2.05, 4.69) is 43.0 Å². The van der Waals surface area contributed by atoms with Gasteiger partial charge in [-0.05, 0) is 36.9 Å². The molecule has 1 aromatic rings. The minimum Gasteiger partial charge on any atom is -0.329 e. The number of hydrogen-bond acceptors (Lipinski definition) is 2. The summed E-state index contributed by atoms with van der Waals surface area (Å²) in [5, 5.41) is 0. The monoisotopic (exact) mass is 232 g/mol. The molecular weight excluding hydrogens is 208 g/mol. The van der Waals surface area contributed by atoms with E-state index in [9.17, 15) is 0 Å². The molecular formula is C15H24N2. The molecule has 2 heteroatoms. The second-order valence-electron chi connectivity index (χ2n) is 4.87. The van der Waals surface area contributed by atoms with E-state index in [-0.39, 0.29) is 0 Å². The Balaban J connectivity index is 2.26. The van der Waals surface area contributed by atoms with E-state index < -0.39 is 0 Å². The second-order valence-corrected chi connectivity index (χ2v) is 4.87. The van der Waals surface area contributed by atoms with Gasteiger partial charge in [0.25, 0.3) is 0 Å². The molecule has 2 nitrogen and oxygen atoms in total. The summed E-state index contributed by atoms with van der Waals surface area (Å²) in [6, 6.07) is 9.93. The first-order valence-electron chi connectivity index (χ1n) is 6.85. The van der Waals surface area contributed by atoms with Gasteiger partial charge in [0, 0.05) is 18.6 Å². The van der Waals surface area contributed by atoms with E-state index in [0.29, 0.717) is 6.04 Å². The molecule has 1 aliphatic rings. The van der Waals surface area contributed by atoms with E-state index in [0.717, 1.165) is 25.6 Å². The quantitative estimate of drug-likeness (QED) is 0.817. The van der Waals surface area contributed by atoms with Gasteiger partial charge in [-0.1, -0.05) is 38.1 Å². The summed E-state index contributed by atoms with van der Waals surface area (Å²) in [4.78, 5) is 2.58. The average Bonchev–Trinajstić information content (AvgIpc) is 3.20. The predicted molar refractivity (Wildman–Crippen MR) is 73.0 cm³/mol.